The molecule has 0 saturated heterocycles. The molecule has 27 heavy (non-hydrogen) atoms. The number of hydrogen-bond donors (Lipinski definition) is 1. The lowest BCUT2D eigenvalue weighted by molar-refractivity contribution is 0.102. The molecule has 1 amide bonds. The van der Waals surface area contributed by atoms with Crippen molar-refractivity contribution in [3.8, 4) is 5.75 Å². The molecule has 0 spiro atoms. The van der Waals surface area contributed by atoms with E-state index in [1.807, 2.05) is 24.3 Å². The number of carbonyl (C=O) groups is 1. The monoisotopic (exact) mass is 423 g/mol. The van der Waals surface area contributed by atoms with Crippen molar-refractivity contribution >= 4 is 48.2 Å². The van der Waals surface area contributed by atoms with E-state index in [4.69, 9.17) is 4.74 Å². The van der Waals surface area contributed by atoms with Crippen LogP contribution >= 0.6 is 36.6 Å². The van der Waals surface area contributed by atoms with Crippen molar-refractivity contribution in [3.05, 3.63) is 78.2 Å². The number of aromatic nitrogens is 2. The van der Waals surface area contributed by atoms with Gasteiger partial charge in [-0.05, 0) is 48.5 Å². The number of nitrogens with one attached hydrogen (secondary N) is 1. The van der Waals surface area contributed by atoms with E-state index in [-0.39, 0.29) is 30.7 Å². The summed E-state index contributed by atoms with van der Waals surface area (Å²) in [4.78, 5) is 21.1. The SMILES string of the molecule is COc1ccc(C(=O)Nc2cccnc2SCc2ccccn2)cc1.Cl.Cl. The van der Waals surface area contributed by atoms with Crippen molar-refractivity contribution in [2.45, 2.75) is 10.8 Å². The molecule has 2 aromatic heterocycles. The Morgan fingerprint density at radius 1 is 1.00 bits per heavy atom. The van der Waals surface area contributed by atoms with E-state index in [9.17, 15) is 4.79 Å². The number of halogens is 2. The van der Waals surface area contributed by atoms with E-state index < -0.39 is 0 Å². The largest absolute Gasteiger partial charge is 0.497 e. The summed E-state index contributed by atoms with van der Waals surface area (Å²) in [5.74, 6) is 1.21. The van der Waals surface area contributed by atoms with Crippen LogP contribution in [-0.2, 0) is 5.75 Å². The van der Waals surface area contributed by atoms with E-state index in [0.29, 0.717) is 22.8 Å². The predicted octanol–water partition coefficient (Wildman–Crippen LogP) is 4.87. The van der Waals surface area contributed by atoms with Gasteiger partial charge in [-0.2, -0.15) is 0 Å². The van der Waals surface area contributed by atoms with Crippen molar-refractivity contribution in [3.63, 3.8) is 0 Å². The molecule has 0 fully saturated rings. The number of benzene rings is 1. The Labute approximate surface area is 174 Å². The van der Waals surface area contributed by atoms with Gasteiger partial charge in [0.15, 0.2) is 0 Å². The highest BCUT2D eigenvalue weighted by Gasteiger charge is 2.11. The van der Waals surface area contributed by atoms with Crippen LogP contribution in [0.2, 0.25) is 0 Å². The summed E-state index contributed by atoms with van der Waals surface area (Å²) in [5.41, 5.74) is 2.21. The zero-order valence-electron chi connectivity index (χ0n) is 14.5. The first kappa shape index (κ1) is 22.8. The topological polar surface area (TPSA) is 64.1 Å². The lowest BCUT2D eigenvalue weighted by Crippen LogP contribution is -2.12. The Morgan fingerprint density at radius 3 is 2.41 bits per heavy atom. The zero-order valence-corrected chi connectivity index (χ0v) is 16.9. The van der Waals surface area contributed by atoms with Gasteiger partial charge in [-0.25, -0.2) is 4.98 Å². The second-order valence-corrected chi connectivity index (χ2v) is 6.11. The Hall–Kier alpha value is -2.28. The lowest BCUT2D eigenvalue weighted by atomic mass is 10.2. The molecule has 0 radical (unpaired) electrons. The van der Waals surface area contributed by atoms with Gasteiger partial charge < -0.3 is 10.1 Å². The van der Waals surface area contributed by atoms with Gasteiger partial charge in [-0.3, -0.25) is 9.78 Å². The molecule has 2 heterocycles. The zero-order chi connectivity index (χ0) is 17.5. The molecule has 0 aliphatic heterocycles. The van der Waals surface area contributed by atoms with Crippen molar-refractivity contribution in [2.75, 3.05) is 12.4 Å². The predicted molar refractivity (Wildman–Crippen MR) is 113 cm³/mol. The summed E-state index contributed by atoms with van der Waals surface area (Å²) in [6.07, 6.45) is 3.48. The molecule has 3 aromatic rings. The van der Waals surface area contributed by atoms with Crippen LogP contribution in [0.3, 0.4) is 0 Å². The highest BCUT2D eigenvalue weighted by atomic mass is 35.5. The van der Waals surface area contributed by atoms with Crippen molar-refractivity contribution in [2.24, 2.45) is 0 Å². The van der Waals surface area contributed by atoms with Crippen LogP contribution in [-0.4, -0.2) is 23.0 Å². The maximum Gasteiger partial charge on any atom is 0.255 e. The number of thioether (sulfide) groups is 1. The highest BCUT2D eigenvalue weighted by molar-refractivity contribution is 7.98. The van der Waals surface area contributed by atoms with Crippen LogP contribution < -0.4 is 10.1 Å². The molecule has 1 aromatic carbocycles. The number of methoxy groups -OCH3 is 1. The third-order valence-electron chi connectivity index (χ3n) is 3.45. The Bertz CT molecular complexity index is 849. The van der Waals surface area contributed by atoms with Gasteiger partial charge in [0.1, 0.15) is 10.8 Å². The number of carbonyl (C=O) groups excluding carboxylic acids is 1. The number of rotatable bonds is 6. The van der Waals surface area contributed by atoms with Gasteiger partial charge in [-0.1, -0.05) is 17.8 Å². The fraction of sp³-hybridized carbons (Fsp3) is 0.105. The molecule has 0 aliphatic rings. The van der Waals surface area contributed by atoms with Gasteiger partial charge in [0.05, 0.1) is 18.5 Å². The average Bonchev–Trinajstić information content (AvgIpc) is 2.68. The van der Waals surface area contributed by atoms with Crippen LogP contribution in [0.1, 0.15) is 16.1 Å². The molecule has 0 bridgehead atoms. The van der Waals surface area contributed by atoms with E-state index in [1.165, 1.54) is 11.8 Å². The number of amides is 1. The second-order valence-electron chi connectivity index (χ2n) is 5.15. The second kappa shape index (κ2) is 11.4. The average molecular weight is 424 g/mol. The summed E-state index contributed by atoms with van der Waals surface area (Å²) < 4.78 is 5.11. The summed E-state index contributed by atoms with van der Waals surface area (Å²) in [6.45, 7) is 0. The molecule has 142 valence electrons. The van der Waals surface area contributed by atoms with E-state index in [0.717, 1.165) is 10.7 Å². The molecule has 0 saturated carbocycles. The van der Waals surface area contributed by atoms with Gasteiger partial charge in [-0.15, -0.1) is 24.8 Å². The molecular weight excluding hydrogens is 405 g/mol. The minimum atomic E-state index is -0.185. The van der Waals surface area contributed by atoms with Gasteiger partial charge in [0, 0.05) is 23.7 Å². The van der Waals surface area contributed by atoms with Crippen molar-refractivity contribution in [1.29, 1.82) is 0 Å². The van der Waals surface area contributed by atoms with E-state index in [2.05, 4.69) is 15.3 Å². The molecule has 1 N–H and O–H groups in total. The number of hydrogen-bond acceptors (Lipinski definition) is 5. The minimum absolute atomic E-state index is 0. The van der Waals surface area contributed by atoms with Gasteiger partial charge in [0.25, 0.3) is 5.91 Å². The fourth-order valence-electron chi connectivity index (χ4n) is 2.16. The molecule has 3 rings (SSSR count). The molecule has 8 heteroatoms. The number of nitrogens with zero attached hydrogens (tertiary/aromatic N) is 2. The Balaban J connectivity index is 0.00000182. The maximum absolute atomic E-state index is 12.4. The quantitative estimate of drug-likeness (QED) is 0.572. The first-order chi connectivity index (χ1) is 12.3. The van der Waals surface area contributed by atoms with Crippen LogP contribution in [0.25, 0.3) is 0 Å². The highest BCUT2D eigenvalue weighted by Crippen LogP contribution is 2.27. The van der Waals surface area contributed by atoms with Crippen LogP contribution in [0.5, 0.6) is 5.75 Å². The summed E-state index contributed by atoms with van der Waals surface area (Å²) in [7, 11) is 1.59. The van der Waals surface area contributed by atoms with Crippen LogP contribution in [0.15, 0.2) is 72.0 Å². The van der Waals surface area contributed by atoms with Crippen molar-refractivity contribution in [1.82, 2.24) is 9.97 Å². The molecular formula is C19H19Cl2N3O2S. The Kier molecular flexibility index (Phi) is 9.64. The van der Waals surface area contributed by atoms with Gasteiger partial charge in [0.2, 0.25) is 0 Å². The van der Waals surface area contributed by atoms with Crippen LogP contribution in [0.4, 0.5) is 5.69 Å². The fourth-order valence-corrected chi connectivity index (χ4v) is 3.03. The van der Waals surface area contributed by atoms with E-state index in [1.54, 1.807) is 49.8 Å². The molecule has 0 unspecified atom stereocenters. The smallest absolute Gasteiger partial charge is 0.255 e. The normalized spacial score (nSPS) is 9.52. The Morgan fingerprint density at radius 2 is 1.74 bits per heavy atom. The summed E-state index contributed by atoms with van der Waals surface area (Å²) >= 11 is 1.54. The number of anilines is 1. The first-order valence-electron chi connectivity index (χ1n) is 7.69. The molecule has 0 atom stereocenters. The molecule has 5 nitrogen and oxygen atoms in total. The van der Waals surface area contributed by atoms with Gasteiger partial charge >= 0.3 is 0 Å². The maximum atomic E-state index is 12.4. The number of ether oxygens (including phenoxy) is 1. The number of pyridine rings is 2. The van der Waals surface area contributed by atoms with Crippen LogP contribution in [0, 0.1) is 0 Å². The third kappa shape index (κ3) is 6.43. The summed E-state index contributed by atoms with van der Waals surface area (Å²) in [6, 6.07) is 16.4. The summed E-state index contributed by atoms with van der Waals surface area (Å²) in [5, 5.41) is 3.68. The standard InChI is InChI=1S/C19H17N3O2S.2ClH/c1-24-16-9-7-14(8-10-16)18(23)22-17-6-4-12-21-19(17)25-13-15-5-2-3-11-20-15;;/h2-12H,13H2,1H3,(H,22,23);2*1H. The minimum Gasteiger partial charge on any atom is -0.497 e. The van der Waals surface area contributed by atoms with Crippen molar-refractivity contribution < 1.29 is 9.53 Å². The van der Waals surface area contributed by atoms with E-state index >= 15 is 0 Å². The third-order valence-corrected chi connectivity index (χ3v) is 4.49. The molecule has 0 aliphatic carbocycles. The lowest BCUT2D eigenvalue weighted by Gasteiger charge is -2.10. The first-order valence-corrected chi connectivity index (χ1v) is 8.68.